The molecule has 0 aliphatic rings. The SMILES string of the molecule is C=COCCCC.O=C(O)C=CC(=O)O. The van der Waals surface area contributed by atoms with Gasteiger partial charge in [-0.05, 0) is 6.42 Å². The van der Waals surface area contributed by atoms with Crippen LogP contribution in [0.1, 0.15) is 19.8 Å². The molecule has 0 aliphatic heterocycles. The smallest absolute Gasteiger partial charge is 0.328 e. The summed E-state index contributed by atoms with van der Waals surface area (Å²) >= 11 is 0. The zero-order valence-corrected chi connectivity index (χ0v) is 8.68. The van der Waals surface area contributed by atoms with Crippen LogP contribution in [0.2, 0.25) is 0 Å². The molecule has 0 atom stereocenters. The van der Waals surface area contributed by atoms with Crippen molar-refractivity contribution < 1.29 is 24.5 Å². The fraction of sp³-hybridized carbons (Fsp3) is 0.400. The second kappa shape index (κ2) is 12.2. The van der Waals surface area contributed by atoms with Crippen molar-refractivity contribution in [3.8, 4) is 0 Å². The van der Waals surface area contributed by atoms with Gasteiger partial charge in [0.25, 0.3) is 0 Å². The molecule has 0 aromatic heterocycles. The minimum atomic E-state index is -1.26. The molecule has 0 bridgehead atoms. The zero-order valence-electron chi connectivity index (χ0n) is 8.68. The number of carboxylic acids is 2. The van der Waals surface area contributed by atoms with E-state index in [9.17, 15) is 9.59 Å². The van der Waals surface area contributed by atoms with Gasteiger partial charge in [0.2, 0.25) is 0 Å². The Labute approximate surface area is 88.7 Å². The van der Waals surface area contributed by atoms with Crippen LogP contribution in [0.3, 0.4) is 0 Å². The van der Waals surface area contributed by atoms with Crippen molar-refractivity contribution >= 4 is 11.9 Å². The molecule has 5 nitrogen and oxygen atoms in total. The average molecular weight is 216 g/mol. The van der Waals surface area contributed by atoms with Gasteiger partial charge >= 0.3 is 11.9 Å². The fourth-order valence-corrected chi connectivity index (χ4v) is 0.454. The predicted molar refractivity (Wildman–Crippen MR) is 55.5 cm³/mol. The minimum absolute atomic E-state index is 0.558. The number of carboxylic acid groups (broad SMARTS) is 2. The Kier molecular flexibility index (Phi) is 12.8. The van der Waals surface area contributed by atoms with Gasteiger partial charge in [-0.2, -0.15) is 0 Å². The number of hydrogen-bond donors (Lipinski definition) is 2. The van der Waals surface area contributed by atoms with E-state index in [1.54, 1.807) is 0 Å². The molecule has 0 amide bonds. The summed E-state index contributed by atoms with van der Waals surface area (Å²) in [6, 6.07) is 0. The standard InChI is InChI=1S/C6H12O.C4H4O4/c1-3-5-6-7-4-2;5-3(6)1-2-4(7)8/h4H,2-3,5-6H2,1H3;1-2H,(H,5,6)(H,7,8). The van der Waals surface area contributed by atoms with Gasteiger partial charge in [-0.15, -0.1) is 0 Å². The van der Waals surface area contributed by atoms with Gasteiger partial charge in [-0.25, -0.2) is 9.59 Å². The van der Waals surface area contributed by atoms with Crippen molar-refractivity contribution in [1.29, 1.82) is 0 Å². The molecular formula is C10H16O5. The second-order valence-corrected chi connectivity index (χ2v) is 2.40. The van der Waals surface area contributed by atoms with E-state index in [0.717, 1.165) is 13.0 Å². The van der Waals surface area contributed by atoms with Gasteiger partial charge in [0.1, 0.15) is 0 Å². The molecule has 0 fully saturated rings. The Morgan fingerprint density at radius 2 is 1.73 bits per heavy atom. The molecule has 0 saturated heterocycles. The van der Waals surface area contributed by atoms with Crippen LogP contribution < -0.4 is 0 Å². The molecular weight excluding hydrogens is 200 g/mol. The number of ether oxygens (including phenoxy) is 1. The third-order valence-electron chi connectivity index (χ3n) is 1.10. The van der Waals surface area contributed by atoms with E-state index in [4.69, 9.17) is 14.9 Å². The lowest BCUT2D eigenvalue weighted by molar-refractivity contribution is -0.134. The van der Waals surface area contributed by atoms with Crippen molar-refractivity contribution in [2.45, 2.75) is 19.8 Å². The summed E-state index contributed by atoms with van der Waals surface area (Å²) in [7, 11) is 0. The van der Waals surface area contributed by atoms with E-state index < -0.39 is 11.9 Å². The monoisotopic (exact) mass is 216 g/mol. The minimum Gasteiger partial charge on any atom is -0.502 e. The topological polar surface area (TPSA) is 83.8 Å². The maximum Gasteiger partial charge on any atom is 0.328 e. The zero-order chi connectivity index (χ0) is 12.1. The first kappa shape index (κ1) is 15.7. The molecule has 0 saturated carbocycles. The Morgan fingerprint density at radius 1 is 1.27 bits per heavy atom. The Bertz CT molecular complexity index is 204. The first-order valence-corrected chi connectivity index (χ1v) is 4.41. The van der Waals surface area contributed by atoms with E-state index in [-0.39, 0.29) is 0 Å². The fourth-order valence-electron chi connectivity index (χ4n) is 0.454. The highest BCUT2D eigenvalue weighted by Gasteiger charge is 1.88. The first-order chi connectivity index (χ1) is 7.04. The summed E-state index contributed by atoms with van der Waals surface area (Å²) in [6.45, 7) is 6.36. The Hall–Kier alpha value is -1.78. The highest BCUT2D eigenvalue weighted by Crippen LogP contribution is 1.85. The third kappa shape index (κ3) is 24.5. The van der Waals surface area contributed by atoms with Gasteiger partial charge in [-0.1, -0.05) is 19.9 Å². The largest absolute Gasteiger partial charge is 0.502 e. The molecule has 0 spiro atoms. The lowest BCUT2D eigenvalue weighted by Crippen LogP contribution is -1.91. The molecule has 15 heavy (non-hydrogen) atoms. The summed E-state index contributed by atoms with van der Waals surface area (Å²) in [5.74, 6) is -2.51. The van der Waals surface area contributed by atoms with Crippen LogP contribution >= 0.6 is 0 Å². The third-order valence-corrected chi connectivity index (χ3v) is 1.10. The first-order valence-electron chi connectivity index (χ1n) is 4.41. The molecule has 0 rings (SSSR count). The van der Waals surface area contributed by atoms with Crippen LogP contribution in [0.5, 0.6) is 0 Å². The average Bonchev–Trinajstić information content (AvgIpc) is 2.17. The van der Waals surface area contributed by atoms with E-state index in [0.29, 0.717) is 12.2 Å². The molecule has 0 unspecified atom stereocenters. The molecule has 0 radical (unpaired) electrons. The van der Waals surface area contributed by atoms with Gasteiger partial charge in [0, 0.05) is 12.2 Å². The number of carbonyl (C=O) groups is 2. The normalized spacial score (nSPS) is 8.87. The van der Waals surface area contributed by atoms with Crippen LogP contribution in [0.15, 0.2) is 25.0 Å². The molecule has 0 heterocycles. The van der Waals surface area contributed by atoms with Crippen molar-refractivity contribution in [2.24, 2.45) is 0 Å². The summed E-state index contributed by atoms with van der Waals surface area (Å²) in [5.41, 5.74) is 0. The van der Waals surface area contributed by atoms with Crippen molar-refractivity contribution in [1.82, 2.24) is 0 Å². The second-order valence-electron chi connectivity index (χ2n) is 2.40. The lowest BCUT2D eigenvalue weighted by Gasteiger charge is -1.93. The number of unbranched alkanes of at least 4 members (excludes halogenated alkanes) is 1. The molecule has 0 aromatic rings. The molecule has 2 N–H and O–H groups in total. The summed E-state index contributed by atoms with van der Waals surface area (Å²) < 4.78 is 4.84. The van der Waals surface area contributed by atoms with E-state index in [1.807, 2.05) is 0 Å². The van der Waals surface area contributed by atoms with Gasteiger partial charge in [-0.3, -0.25) is 0 Å². The van der Waals surface area contributed by atoms with Crippen molar-refractivity contribution in [2.75, 3.05) is 6.61 Å². The highest BCUT2D eigenvalue weighted by atomic mass is 16.5. The quantitative estimate of drug-likeness (QED) is 0.400. The molecule has 86 valence electrons. The van der Waals surface area contributed by atoms with Crippen LogP contribution in [0, 0.1) is 0 Å². The predicted octanol–water partition coefficient (Wildman–Crippen LogP) is 1.66. The summed E-state index contributed by atoms with van der Waals surface area (Å²) in [5, 5.41) is 15.6. The number of hydrogen-bond acceptors (Lipinski definition) is 3. The van der Waals surface area contributed by atoms with E-state index >= 15 is 0 Å². The highest BCUT2D eigenvalue weighted by molar-refractivity contribution is 5.89. The lowest BCUT2D eigenvalue weighted by atomic mass is 10.4. The summed E-state index contributed by atoms with van der Waals surface area (Å²) in [4.78, 5) is 19.1. The number of rotatable bonds is 6. The molecule has 0 aromatic carbocycles. The van der Waals surface area contributed by atoms with Crippen LogP contribution in [-0.4, -0.2) is 28.8 Å². The Balaban J connectivity index is 0. The van der Waals surface area contributed by atoms with Crippen LogP contribution in [-0.2, 0) is 14.3 Å². The summed E-state index contributed by atoms with van der Waals surface area (Å²) in [6.07, 6.45) is 4.92. The Morgan fingerprint density at radius 3 is 2.00 bits per heavy atom. The molecule has 5 heteroatoms. The number of aliphatic carboxylic acids is 2. The van der Waals surface area contributed by atoms with E-state index in [1.165, 1.54) is 12.7 Å². The van der Waals surface area contributed by atoms with E-state index in [2.05, 4.69) is 13.5 Å². The van der Waals surface area contributed by atoms with Gasteiger partial charge in [0.15, 0.2) is 0 Å². The van der Waals surface area contributed by atoms with Crippen LogP contribution in [0.25, 0.3) is 0 Å². The van der Waals surface area contributed by atoms with Crippen molar-refractivity contribution in [3.05, 3.63) is 25.0 Å². The molecule has 0 aliphatic carbocycles. The van der Waals surface area contributed by atoms with Gasteiger partial charge in [0.05, 0.1) is 12.9 Å². The van der Waals surface area contributed by atoms with Crippen molar-refractivity contribution in [3.63, 3.8) is 0 Å². The van der Waals surface area contributed by atoms with Crippen LogP contribution in [0.4, 0.5) is 0 Å². The maximum absolute atomic E-state index is 9.55. The maximum atomic E-state index is 9.55. The van der Waals surface area contributed by atoms with Gasteiger partial charge < -0.3 is 14.9 Å².